The van der Waals surface area contributed by atoms with Gasteiger partial charge in [-0.3, -0.25) is 0 Å². The van der Waals surface area contributed by atoms with E-state index in [1.807, 2.05) is 0 Å². The number of aliphatic hydroxyl groups is 1. The van der Waals surface area contributed by atoms with Crippen LogP contribution in [0.4, 0.5) is 0 Å². The third-order valence-corrected chi connectivity index (χ3v) is 5.13. The largest absolute Gasteiger partial charge is 0.390 e. The fourth-order valence-electron chi connectivity index (χ4n) is 4.04. The number of nitrogens with one attached hydrogen (secondary N) is 1. The van der Waals surface area contributed by atoms with E-state index in [1.165, 1.54) is 64.7 Å². The summed E-state index contributed by atoms with van der Waals surface area (Å²) in [4.78, 5) is 5.05. The fraction of sp³-hybridized carbons (Fsp3) is 1.00. The van der Waals surface area contributed by atoms with Gasteiger partial charge in [-0.25, -0.2) is 0 Å². The lowest BCUT2D eigenvalue weighted by Crippen LogP contribution is -2.48. The molecule has 3 fully saturated rings. The standard InChI is InChI=1S/C15H29N3O/c19-15(12-17-6-1-2-7-17)11-16-13-5-9-18-8-3-4-14(18)10-13/h13-16,19H,1-12H2. The molecule has 3 aliphatic rings. The van der Waals surface area contributed by atoms with Gasteiger partial charge in [0.2, 0.25) is 0 Å². The number of β-amino-alcohol motifs (C(OH)–C–C–N with tert-alkyl or cyclic N) is 1. The molecule has 0 aliphatic carbocycles. The van der Waals surface area contributed by atoms with Gasteiger partial charge in [-0.1, -0.05) is 0 Å². The summed E-state index contributed by atoms with van der Waals surface area (Å²) in [5.41, 5.74) is 0. The summed E-state index contributed by atoms with van der Waals surface area (Å²) < 4.78 is 0. The highest BCUT2D eigenvalue weighted by Crippen LogP contribution is 2.26. The van der Waals surface area contributed by atoms with Crippen molar-refractivity contribution in [2.75, 3.05) is 39.3 Å². The fourth-order valence-corrected chi connectivity index (χ4v) is 4.04. The van der Waals surface area contributed by atoms with Gasteiger partial charge in [-0.15, -0.1) is 0 Å². The summed E-state index contributed by atoms with van der Waals surface area (Å²) in [6.45, 7) is 6.55. The first kappa shape index (κ1) is 13.8. The van der Waals surface area contributed by atoms with Gasteiger partial charge in [0.1, 0.15) is 0 Å². The van der Waals surface area contributed by atoms with Gasteiger partial charge in [0, 0.05) is 25.2 Å². The molecule has 19 heavy (non-hydrogen) atoms. The molecular weight excluding hydrogens is 238 g/mol. The van der Waals surface area contributed by atoms with Crippen LogP contribution in [0.1, 0.15) is 38.5 Å². The van der Waals surface area contributed by atoms with Crippen LogP contribution in [0.25, 0.3) is 0 Å². The zero-order valence-electron chi connectivity index (χ0n) is 12.1. The van der Waals surface area contributed by atoms with Gasteiger partial charge < -0.3 is 20.2 Å². The van der Waals surface area contributed by atoms with Gasteiger partial charge >= 0.3 is 0 Å². The third-order valence-electron chi connectivity index (χ3n) is 5.13. The molecule has 4 heteroatoms. The number of rotatable bonds is 5. The van der Waals surface area contributed by atoms with Crippen LogP contribution in [-0.4, -0.2) is 72.4 Å². The van der Waals surface area contributed by atoms with Gasteiger partial charge in [-0.2, -0.15) is 0 Å². The van der Waals surface area contributed by atoms with Crippen molar-refractivity contribution in [2.24, 2.45) is 0 Å². The van der Waals surface area contributed by atoms with Gasteiger partial charge in [0.25, 0.3) is 0 Å². The second-order valence-corrected chi connectivity index (χ2v) is 6.62. The molecule has 3 heterocycles. The maximum Gasteiger partial charge on any atom is 0.0791 e. The zero-order chi connectivity index (χ0) is 13.1. The molecule has 0 aromatic rings. The average molecular weight is 267 g/mol. The van der Waals surface area contributed by atoms with Gasteiger partial charge in [0.05, 0.1) is 6.10 Å². The second-order valence-electron chi connectivity index (χ2n) is 6.62. The highest BCUT2D eigenvalue weighted by atomic mass is 16.3. The Labute approximate surface area is 117 Å². The summed E-state index contributed by atoms with van der Waals surface area (Å²) in [5.74, 6) is 0. The molecule has 3 unspecified atom stereocenters. The molecule has 0 saturated carbocycles. The van der Waals surface area contributed by atoms with E-state index < -0.39 is 0 Å². The highest BCUT2D eigenvalue weighted by molar-refractivity contribution is 4.89. The Bertz CT molecular complexity index is 281. The molecule has 110 valence electrons. The van der Waals surface area contributed by atoms with Crippen molar-refractivity contribution < 1.29 is 5.11 Å². The Morgan fingerprint density at radius 1 is 1.05 bits per heavy atom. The Morgan fingerprint density at radius 3 is 2.74 bits per heavy atom. The Balaban J connectivity index is 1.35. The van der Waals surface area contributed by atoms with Crippen LogP contribution in [-0.2, 0) is 0 Å². The quantitative estimate of drug-likeness (QED) is 0.767. The van der Waals surface area contributed by atoms with Crippen LogP contribution in [0, 0.1) is 0 Å². The average Bonchev–Trinajstić information content (AvgIpc) is 3.06. The van der Waals surface area contributed by atoms with Crippen molar-refractivity contribution in [3.63, 3.8) is 0 Å². The van der Waals surface area contributed by atoms with E-state index in [0.717, 1.165) is 19.1 Å². The maximum absolute atomic E-state index is 10.1. The SMILES string of the molecule is OC(CNC1CCN2CCCC2C1)CN1CCCC1. The first-order valence-electron chi connectivity index (χ1n) is 8.19. The smallest absolute Gasteiger partial charge is 0.0791 e. The van der Waals surface area contributed by atoms with Gasteiger partial charge in [0.15, 0.2) is 0 Å². The monoisotopic (exact) mass is 267 g/mol. The van der Waals surface area contributed by atoms with Gasteiger partial charge in [-0.05, 0) is 64.7 Å². The molecular formula is C15H29N3O. The topological polar surface area (TPSA) is 38.7 Å². The van der Waals surface area contributed by atoms with Crippen molar-refractivity contribution in [3.8, 4) is 0 Å². The lowest BCUT2D eigenvalue weighted by atomic mass is 9.97. The minimum Gasteiger partial charge on any atom is -0.390 e. The lowest BCUT2D eigenvalue weighted by molar-refractivity contribution is 0.109. The zero-order valence-corrected chi connectivity index (χ0v) is 12.1. The van der Waals surface area contributed by atoms with Crippen molar-refractivity contribution in [1.82, 2.24) is 15.1 Å². The number of aliphatic hydroxyl groups excluding tert-OH is 1. The molecule has 0 bridgehead atoms. The number of hydrogen-bond donors (Lipinski definition) is 2. The lowest BCUT2D eigenvalue weighted by Gasteiger charge is -2.35. The van der Waals surface area contributed by atoms with E-state index in [9.17, 15) is 5.11 Å². The first-order valence-corrected chi connectivity index (χ1v) is 8.19. The molecule has 0 spiro atoms. The van der Waals surface area contributed by atoms with Crippen LogP contribution in [0.2, 0.25) is 0 Å². The number of piperidine rings is 1. The summed E-state index contributed by atoms with van der Waals surface area (Å²) in [7, 11) is 0. The molecule has 2 N–H and O–H groups in total. The second kappa shape index (κ2) is 6.53. The molecule has 0 radical (unpaired) electrons. The van der Waals surface area contributed by atoms with Crippen molar-refractivity contribution >= 4 is 0 Å². The maximum atomic E-state index is 10.1. The van der Waals surface area contributed by atoms with Crippen molar-refractivity contribution in [2.45, 2.75) is 56.7 Å². The summed E-state index contributed by atoms with van der Waals surface area (Å²) in [6.07, 6.45) is 7.73. The van der Waals surface area contributed by atoms with E-state index in [0.29, 0.717) is 6.04 Å². The minimum atomic E-state index is -0.195. The van der Waals surface area contributed by atoms with Crippen LogP contribution in [0.3, 0.4) is 0 Å². The molecule has 0 amide bonds. The number of fused-ring (bicyclic) bond motifs is 1. The number of hydrogen-bond acceptors (Lipinski definition) is 4. The number of nitrogens with zero attached hydrogens (tertiary/aromatic N) is 2. The van der Waals surface area contributed by atoms with E-state index >= 15 is 0 Å². The molecule has 3 atom stereocenters. The van der Waals surface area contributed by atoms with Crippen LogP contribution < -0.4 is 5.32 Å². The molecule has 4 nitrogen and oxygen atoms in total. The van der Waals surface area contributed by atoms with Crippen LogP contribution >= 0.6 is 0 Å². The third kappa shape index (κ3) is 3.69. The van der Waals surface area contributed by atoms with Crippen LogP contribution in [0.15, 0.2) is 0 Å². The van der Waals surface area contributed by atoms with Crippen molar-refractivity contribution in [1.29, 1.82) is 0 Å². The summed E-state index contributed by atoms with van der Waals surface area (Å²) >= 11 is 0. The normalized spacial score (nSPS) is 34.6. The Morgan fingerprint density at radius 2 is 1.89 bits per heavy atom. The molecule has 0 aromatic carbocycles. The highest BCUT2D eigenvalue weighted by Gasteiger charge is 2.31. The predicted octanol–water partition coefficient (Wildman–Crippen LogP) is 0.659. The van der Waals surface area contributed by atoms with E-state index in [2.05, 4.69) is 15.1 Å². The van der Waals surface area contributed by atoms with E-state index in [-0.39, 0.29) is 6.10 Å². The number of likely N-dealkylation sites (tertiary alicyclic amines) is 1. The van der Waals surface area contributed by atoms with Crippen LogP contribution in [0.5, 0.6) is 0 Å². The summed E-state index contributed by atoms with van der Waals surface area (Å²) in [5, 5.41) is 13.7. The Hall–Kier alpha value is -0.160. The minimum absolute atomic E-state index is 0.195. The van der Waals surface area contributed by atoms with E-state index in [4.69, 9.17) is 0 Å². The molecule has 3 saturated heterocycles. The Kier molecular flexibility index (Phi) is 4.74. The molecule has 3 rings (SSSR count). The molecule has 3 aliphatic heterocycles. The molecule has 0 aromatic heterocycles. The van der Waals surface area contributed by atoms with Crippen molar-refractivity contribution in [3.05, 3.63) is 0 Å². The first-order chi connectivity index (χ1) is 9.31. The predicted molar refractivity (Wildman–Crippen MR) is 77.3 cm³/mol. The van der Waals surface area contributed by atoms with E-state index in [1.54, 1.807) is 0 Å². The summed E-state index contributed by atoms with van der Waals surface area (Å²) in [6, 6.07) is 1.45.